The third-order valence-corrected chi connectivity index (χ3v) is 4.76. The number of carbonyl (C=O) groups excluding carboxylic acids is 1. The van der Waals surface area contributed by atoms with E-state index in [0.29, 0.717) is 12.1 Å². The lowest BCUT2D eigenvalue weighted by Gasteiger charge is -2.30. The molecule has 1 aliphatic rings. The summed E-state index contributed by atoms with van der Waals surface area (Å²) in [5.74, 6) is 0.892. The smallest absolute Gasteiger partial charge is 0.251 e. The van der Waals surface area contributed by atoms with Gasteiger partial charge in [-0.3, -0.25) is 9.79 Å². The van der Waals surface area contributed by atoms with Crippen molar-refractivity contribution in [3.05, 3.63) is 65.7 Å². The predicted octanol–water partition coefficient (Wildman–Crippen LogP) is 4.16. The van der Waals surface area contributed by atoms with Crippen LogP contribution >= 0.6 is 24.0 Å². The van der Waals surface area contributed by atoms with Gasteiger partial charge in [0.15, 0.2) is 5.96 Å². The van der Waals surface area contributed by atoms with Gasteiger partial charge < -0.3 is 15.5 Å². The molecule has 6 heteroatoms. The molecule has 0 atom stereocenters. The molecule has 3 rings (SSSR count). The number of guanidine groups is 1. The maximum Gasteiger partial charge on any atom is 0.251 e. The normalized spacial score (nSPS) is 14.2. The van der Waals surface area contributed by atoms with E-state index in [1.54, 1.807) is 7.05 Å². The van der Waals surface area contributed by atoms with Crippen LogP contribution in [0.1, 0.15) is 35.2 Å². The van der Waals surface area contributed by atoms with Crippen LogP contribution in [0.4, 0.5) is 5.69 Å². The lowest BCUT2D eigenvalue weighted by Crippen LogP contribution is -2.40. The molecule has 1 heterocycles. The Hall–Kier alpha value is -2.09. The van der Waals surface area contributed by atoms with Gasteiger partial charge in [-0.15, -0.1) is 24.0 Å². The van der Waals surface area contributed by atoms with E-state index in [1.165, 1.54) is 19.3 Å². The summed E-state index contributed by atoms with van der Waals surface area (Å²) in [6.45, 7) is 2.78. The number of anilines is 1. The first-order valence-corrected chi connectivity index (χ1v) is 9.69. The Bertz CT molecular complexity index is 773. The van der Waals surface area contributed by atoms with Gasteiger partial charge in [0.25, 0.3) is 5.91 Å². The second-order valence-corrected chi connectivity index (χ2v) is 6.77. The average molecular weight is 492 g/mol. The Morgan fingerprint density at radius 1 is 1.04 bits per heavy atom. The molecule has 0 aliphatic carbocycles. The SMILES string of the molecule is CNC(=O)c1cccc(CCN=C(Nc2ccccc2)N2CCCCC2)c1.I. The second-order valence-electron chi connectivity index (χ2n) is 6.77. The summed E-state index contributed by atoms with van der Waals surface area (Å²) in [6, 6.07) is 18.0. The number of piperidine rings is 1. The summed E-state index contributed by atoms with van der Waals surface area (Å²) in [5, 5.41) is 6.16. The largest absolute Gasteiger partial charge is 0.355 e. The molecule has 150 valence electrons. The van der Waals surface area contributed by atoms with Crippen molar-refractivity contribution >= 4 is 41.5 Å². The summed E-state index contributed by atoms with van der Waals surface area (Å²) in [6.07, 6.45) is 4.52. The van der Waals surface area contributed by atoms with Gasteiger partial charge in [-0.1, -0.05) is 30.3 Å². The fourth-order valence-electron chi connectivity index (χ4n) is 3.28. The molecule has 0 bridgehead atoms. The first kappa shape index (κ1) is 22.2. The first-order chi connectivity index (χ1) is 13.3. The molecule has 1 amide bonds. The summed E-state index contributed by atoms with van der Waals surface area (Å²) in [7, 11) is 1.65. The van der Waals surface area contributed by atoms with E-state index >= 15 is 0 Å². The zero-order valence-electron chi connectivity index (χ0n) is 16.4. The van der Waals surface area contributed by atoms with Crippen LogP contribution in [0.5, 0.6) is 0 Å². The molecule has 5 nitrogen and oxygen atoms in total. The Morgan fingerprint density at radius 3 is 2.50 bits per heavy atom. The molecule has 0 saturated carbocycles. The van der Waals surface area contributed by atoms with Gasteiger partial charge in [-0.25, -0.2) is 0 Å². The number of benzene rings is 2. The molecule has 0 aromatic heterocycles. The monoisotopic (exact) mass is 492 g/mol. The van der Waals surface area contributed by atoms with Crippen molar-refractivity contribution in [2.24, 2.45) is 4.99 Å². The average Bonchev–Trinajstić information content (AvgIpc) is 2.74. The van der Waals surface area contributed by atoms with Crippen molar-refractivity contribution < 1.29 is 4.79 Å². The molecule has 2 N–H and O–H groups in total. The summed E-state index contributed by atoms with van der Waals surface area (Å²) >= 11 is 0. The summed E-state index contributed by atoms with van der Waals surface area (Å²) in [4.78, 5) is 19.0. The molecule has 28 heavy (non-hydrogen) atoms. The van der Waals surface area contributed by atoms with Gasteiger partial charge in [0.2, 0.25) is 0 Å². The highest BCUT2D eigenvalue weighted by Gasteiger charge is 2.15. The van der Waals surface area contributed by atoms with E-state index < -0.39 is 0 Å². The highest BCUT2D eigenvalue weighted by Crippen LogP contribution is 2.13. The van der Waals surface area contributed by atoms with Crippen molar-refractivity contribution in [2.75, 3.05) is 32.0 Å². The molecule has 1 saturated heterocycles. The van der Waals surface area contributed by atoms with E-state index in [9.17, 15) is 4.79 Å². The van der Waals surface area contributed by atoms with E-state index in [-0.39, 0.29) is 29.9 Å². The maximum absolute atomic E-state index is 11.8. The Kier molecular flexibility index (Phi) is 9.27. The molecule has 2 aromatic rings. The minimum atomic E-state index is -0.0555. The molecule has 0 spiro atoms. The number of amides is 1. The van der Waals surface area contributed by atoms with Crippen LogP contribution in [0.3, 0.4) is 0 Å². The molecular formula is C22H29IN4O. The third-order valence-electron chi connectivity index (χ3n) is 4.76. The third kappa shape index (κ3) is 6.51. The van der Waals surface area contributed by atoms with E-state index in [1.807, 2.05) is 42.5 Å². The van der Waals surface area contributed by atoms with Crippen molar-refractivity contribution in [1.82, 2.24) is 10.2 Å². The fraction of sp³-hybridized carbons (Fsp3) is 0.364. The van der Waals surface area contributed by atoms with Gasteiger partial charge in [-0.05, 0) is 55.5 Å². The molecule has 1 fully saturated rings. The van der Waals surface area contributed by atoms with Crippen LogP contribution in [0.2, 0.25) is 0 Å². The summed E-state index contributed by atoms with van der Waals surface area (Å²) < 4.78 is 0. The van der Waals surface area contributed by atoms with E-state index in [2.05, 4.69) is 27.7 Å². The molecule has 0 radical (unpaired) electrons. The Balaban J connectivity index is 0.00000280. The van der Waals surface area contributed by atoms with Gasteiger partial charge in [0, 0.05) is 37.9 Å². The van der Waals surface area contributed by atoms with Crippen LogP contribution in [-0.2, 0) is 6.42 Å². The first-order valence-electron chi connectivity index (χ1n) is 9.69. The topological polar surface area (TPSA) is 56.7 Å². The summed E-state index contributed by atoms with van der Waals surface area (Å²) in [5.41, 5.74) is 2.87. The predicted molar refractivity (Wildman–Crippen MR) is 127 cm³/mol. The quantitative estimate of drug-likeness (QED) is 0.375. The van der Waals surface area contributed by atoms with Gasteiger partial charge in [-0.2, -0.15) is 0 Å². The zero-order valence-corrected chi connectivity index (χ0v) is 18.7. The number of carbonyl (C=O) groups is 1. The number of halogens is 1. The second kappa shape index (κ2) is 11.7. The number of aliphatic imine (C=N–C) groups is 1. The fourth-order valence-corrected chi connectivity index (χ4v) is 3.28. The molecule has 2 aromatic carbocycles. The van der Waals surface area contributed by atoms with Crippen molar-refractivity contribution in [2.45, 2.75) is 25.7 Å². The van der Waals surface area contributed by atoms with E-state index in [0.717, 1.165) is 36.7 Å². The van der Waals surface area contributed by atoms with Crippen LogP contribution in [0.25, 0.3) is 0 Å². The minimum Gasteiger partial charge on any atom is -0.355 e. The number of nitrogens with zero attached hydrogens (tertiary/aromatic N) is 2. The number of hydrogen-bond donors (Lipinski definition) is 2. The highest BCUT2D eigenvalue weighted by molar-refractivity contribution is 14.0. The standard InChI is InChI=1S/C22H28N4O.HI/c1-23-21(27)19-10-8-9-18(17-19)13-14-24-22(26-15-6-3-7-16-26)25-20-11-4-2-5-12-20;/h2,4-5,8-12,17H,3,6-7,13-16H2,1H3,(H,23,27)(H,24,25);1H. The molecule has 1 aliphatic heterocycles. The number of hydrogen-bond acceptors (Lipinski definition) is 2. The van der Waals surface area contributed by atoms with Gasteiger partial charge >= 0.3 is 0 Å². The van der Waals surface area contributed by atoms with Gasteiger partial charge in [0.05, 0.1) is 0 Å². The highest BCUT2D eigenvalue weighted by atomic mass is 127. The van der Waals surface area contributed by atoms with Crippen LogP contribution in [0, 0.1) is 0 Å². The zero-order chi connectivity index (χ0) is 18.9. The molecule has 0 unspecified atom stereocenters. The lowest BCUT2D eigenvalue weighted by atomic mass is 10.1. The van der Waals surface area contributed by atoms with Gasteiger partial charge in [0.1, 0.15) is 0 Å². The number of rotatable bonds is 5. The Labute approximate surface area is 184 Å². The van der Waals surface area contributed by atoms with Crippen molar-refractivity contribution in [3.8, 4) is 0 Å². The number of nitrogens with one attached hydrogen (secondary N) is 2. The van der Waals surface area contributed by atoms with E-state index in [4.69, 9.17) is 4.99 Å². The van der Waals surface area contributed by atoms with Crippen LogP contribution < -0.4 is 10.6 Å². The lowest BCUT2D eigenvalue weighted by molar-refractivity contribution is 0.0963. The molecular weight excluding hydrogens is 463 g/mol. The van der Waals surface area contributed by atoms with Crippen LogP contribution in [0.15, 0.2) is 59.6 Å². The number of likely N-dealkylation sites (tertiary alicyclic amines) is 1. The van der Waals surface area contributed by atoms with Crippen LogP contribution in [-0.4, -0.2) is 43.4 Å². The minimum absolute atomic E-state index is 0. The number of para-hydroxylation sites is 1. The van der Waals surface area contributed by atoms with Crippen molar-refractivity contribution in [1.29, 1.82) is 0 Å². The maximum atomic E-state index is 11.8. The van der Waals surface area contributed by atoms with Crippen molar-refractivity contribution in [3.63, 3.8) is 0 Å². The Morgan fingerprint density at radius 2 is 1.79 bits per heavy atom.